The Morgan fingerprint density at radius 1 is 1.10 bits per heavy atom. The maximum Gasteiger partial charge on any atom is 0.262 e. The molecule has 3 aromatic rings. The quantitative estimate of drug-likeness (QED) is 0.442. The Hall–Kier alpha value is -2.60. The molecular weight excluding hydrogens is 382 g/mol. The Balaban J connectivity index is 1.94. The summed E-state index contributed by atoms with van der Waals surface area (Å²) >= 11 is 1.31. The Bertz CT molecular complexity index is 1030. The van der Waals surface area contributed by atoms with Crippen LogP contribution in [-0.2, 0) is 4.79 Å². The van der Waals surface area contributed by atoms with Crippen molar-refractivity contribution < 1.29 is 4.79 Å². The normalized spacial score (nSPS) is 13.2. The maximum absolute atomic E-state index is 13.3. The molecule has 29 heavy (non-hydrogen) atoms. The fraction of sp³-hybridized carbons (Fsp3) is 0.348. The second-order valence-electron chi connectivity index (χ2n) is 7.22. The lowest BCUT2D eigenvalue weighted by atomic mass is 10.1. The van der Waals surface area contributed by atoms with E-state index in [0.717, 1.165) is 18.4 Å². The minimum absolute atomic E-state index is 0.0442. The molecule has 1 aromatic heterocycles. The van der Waals surface area contributed by atoms with E-state index >= 15 is 0 Å². The third kappa shape index (κ3) is 5.07. The molecule has 6 heteroatoms. The minimum atomic E-state index is -0.189. The summed E-state index contributed by atoms with van der Waals surface area (Å²) in [7, 11) is 0. The zero-order chi connectivity index (χ0) is 20.8. The number of aromatic nitrogens is 2. The van der Waals surface area contributed by atoms with Gasteiger partial charge >= 0.3 is 0 Å². The lowest BCUT2D eigenvalue weighted by Crippen LogP contribution is -2.34. The third-order valence-corrected chi connectivity index (χ3v) is 5.86. The fourth-order valence-corrected chi connectivity index (χ4v) is 4.29. The highest BCUT2D eigenvalue weighted by atomic mass is 32.2. The van der Waals surface area contributed by atoms with Crippen molar-refractivity contribution in [3.63, 3.8) is 0 Å². The molecule has 0 aliphatic heterocycles. The number of carbonyl (C=O) groups excluding carboxylic acids is 1. The van der Waals surface area contributed by atoms with Gasteiger partial charge in [0.1, 0.15) is 0 Å². The van der Waals surface area contributed by atoms with Crippen molar-refractivity contribution in [3.05, 3.63) is 70.5 Å². The first kappa shape index (κ1) is 21.1. The summed E-state index contributed by atoms with van der Waals surface area (Å²) < 4.78 is 1.70. The van der Waals surface area contributed by atoms with Crippen LogP contribution in [-0.4, -0.2) is 27.3 Å². The summed E-state index contributed by atoms with van der Waals surface area (Å²) in [5.74, 6) is 0.178. The van der Waals surface area contributed by atoms with Crippen LogP contribution < -0.4 is 10.9 Å². The van der Waals surface area contributed by atoms with E-state index in [1.165, 1.54) is 11.8 Å². The van der Waals surface area contributed by atoms with Gasteiger partial charge in [-0.1, -0.05) is 67.6 Å². The number of carbonyl (C=O) groups is 1. The predicted octanol–water partition coefficient (Wildman–Crippen LogP) is 4.40. The Labute approximate surface area is 175 Å². The van der Waals surface area contributed by atoms with Crippen molar-refractivity contribution in [1.82, 2.24) is 14.9 Å². The van der Waals surface area contributed by atoms with Gasteiger partial charge < -0.3 is 5.32 Å². The van der Waals surface area contributed by atoms with Gasteiger partial charge in [-0.3, -0.25) is 14.2 Å². The number of rotatable bonds is 8. The van der Waals surface area contributed by atoms with Crippen molar-refractivity contribution in [1.29, 1.82) is 0 Å². The average Bonchev–Trinajstić information content (AvgIpc) is 2.73. The summed E-state index contributed by atoms with van der Waals surface area (Å²) in [5.41, 5.74) is 1.58. The number of amides is 1. The van der Waals surface area contributed by atoms with Crippen LogP contribution in [0.3, 0.4) is 0 Å². The van der Waals surface area contributed by atoms with Crippen molar-refractivity contribution in [3.8, 4) is 0 Å². The smallest absolute Gasteiger partial charge is 0.262 e. The SMILES string of the molecule is CCC[C@H](C)NC(=O)CSc1nc2ccccc2c(=O)n1[C@@H](C)c1ccccc1. The van der Waals surface area contributed by atoms with Gasteiger partial charge in [-0.05, 0) is 38.0 Å². The maximum atomic E-state index is 13.3. The minimum Gasteiger partial charge on any atom is -0.353 e. The first-order valence-corrected chi connectivity index (χ1v) is 11.0. The summed E-state index contributed by atoms with van der Waals surface area (Å²) in [5, 5.41) is 4.15. The van der Waals surface area contributed by atoms with E-state index in [0.29, 0.717) is 16.1 Å². The zero-order valence-electron chi connectivity index (χ0n) is 17.1. The molecule has 1 heterocycles. The topological polar surface area (TPSA) is 64.0 Å². The molecule has 0 fully saturated rings. The van der Waals surface area contributed by atoms with Crippen LogP contribution in [0.2, 0.25) is 0 Å². The summed E-state index contributed by atoms with van der Waals surface area (Å²) in [6, 6.07) is 17.2. The molecule has 0 aliphatic carbocycles. The van der Waals surface area contributed by atoms with Crippen molar-refractivity contribution in [2.75, 3.05) is 5.75 Å². The average molecular weight is 410 g/mol. The molecule has 5 nitrogen and oxygen atoms in total. The lowest BCUT2D eigenvalue weighted by Gasteiger charge is -2.20. The monoisotopic (exact) mass is 409 g/mol. The highest BCUT2D eigenvalue weighted by Gasteiger charge is 2.19. The second kappa shape index (κ2) is 9.74. The van der Waals surface area contributed by atoms with Crippen molar-refractivity contribution >= 4 is 28.6 Å². The molecule has 0 unspecified atom stereocenters. The molecule has 152 valence electrons. The number of fused-ring (bicyclic) bond motifs is 1. The van der Waals surface area contributed by atoms with Crippen LogP contribution >= 0.6 is 11.8 Å². The van der Waals surface area contributed by atoms with Gasteiger partial charge in [0, 0.05) is 6.04 Å². The molecule has 2 aromatic carbocycles. The zero-order valence-corrected chi connectivity index (χ0v) is 17.9. The van der Waals surface area contributed by atoms with Crippen LogP contribution in [0.25, 0.3) is 10.9 Å². The van der Waals surface area contributed by atoms with Gasteiger partial charge in [0.25, 0.3) is 5.56 Å². The van der Waals surface area contributed by atoms with Crippen LogP contribution in [0.15, 0.2) is 64.5 Å². The number of nitrogens with zero attached hydrogens (tertiary/aromatic N) is 2. The van der Waals surface area contributed by atoms with Crippen LogP contribution in [0, 0.1) is 0 Å². The molecular formula is C23H27N3O2S. The highest BCUT2D eigenvalue weighted by Crippen LogP contribution is 2.24. The Kier molecular flexibility index (Phi) is 7.09. The molecule has 0 saturated carbocycles. The highest BCUT2D eigenvalue weighted by molar-refractivity contribution is 7.99. The van der Waals surface area contributed by atoms with Gasteiger partial charge in [-0.2, -0.15) is 0 Å². The standard InChI is InChI=1S/C23H27N3O2S/c1-4-10-16(2)24-21(27)15-29-23-25-20-14-9-8-13-19(20)22(28)26(23)17(3)18-11-6-5-7-12-18/h5-9,11-14,16-17H,4,10,15H2,1-3H3,(H,24,27)/t16-,17-/m0/s1. The summed E-state index contributed by atoms with van der Waals surface area (Å²) in [4.78, 5) is 30.4. The molecule has 0 bridgehead atoms. The van der Waals surface area contributed by atoms with Gasteiger partial charge in [-0.15, -0.1) is 0 Å². The van der Waals surface area contributed by atoms with Crippen LogP contribution in [0.1, 0.15) is 45.2 Å². The van der Waals surface area contributed by atoms with E-state index in [1.54, 1.807) is 10.6 Å². The Morgan fingerprint density at radius 2 is 1.79 bits per heavy atom. The summed E-state index contributed by atoms with van der Waals surface area (Å²) in [6.07, 6.45) is 1.97. The van der Waals surface area contributed by atoms with E-state index in [4.69, 9.17) is 4.98 Å². The fourth-order valence-electron chi connectivity index (χ4n) is 3.40. The van der Waals surface area contributed by atoms with Gasteiger partial charge in [-0.25, -0.2) is 4.98 Å². The van der Waals surface area contributed by atoms with E-state index in [-0.39, 0.29) is 29.3 Å². The number of hydrogen-bond donors (Lipinski definition) is 1. The third-order valence-electron chi connectivity index (χ3n) is 4.91. The predicted molar refractivity (Wildman–Crippen MR) is 119 cm³/mol. The molecule has 3 rings (SSSR count). The molecule has 0 radical (unpaired) electrons. The van der Waals surface area contributed by atoms with Crippen molar-refractivity contribution in [2.45, 2.75) is 50.9 Å². The van der Waals surface area contributed by atoms with E-state index < -0.39 is 0 Å². The van der Waals surface area contributed by atoms with E-state index in [1.807, 2.05) is 62.4 Å². The first-order chi connectivity index (χ1) is 14.0. The lowest BCUT2D eigenvalue weighted by molar-refractivity contribution is -0.119. The van der Waals surface area contributed by atoms with E-state index in [2.05, 4.69) is 12.2 Å². The molecule has 0 saturated heterocycles. The number of hydrogen-bond acceptors (Lipinski definition) is 4. The number of benzene rings is 2. The summed E-state index contributed by atoms with van der Waals surface area (Å²) in [6.45, 7) is 6.09. The molecule has 1 N–H and O–H groups in total. The van der Waals surface area contributed by atoms with Gasteiger partial charge in [0.05, 0.1) is 22.7 Å². The largest absolute Gasteiger partial charge is 0.353 e. The molecule has 0 spiro atoms. The number of para-hydroxylation sites is 1. The number of thioether (sulfide) groups is 1. The van der Waals surface area contributed by atoms with E-state index in [9.17, 15) is 9.59 Å². The Morgan fingerprint density at radius 3 is 2.52 bits per heavy atom. The van der Waals surface area contributed by atoms with Gasteiger partial charge in [0.15, 0.2) is 5.16 Å². The van der Waals surface area contributed by atoms with Crippen LogP contribution in [0.4, 0.5) is 0 Å². The van der Waals surface area contributed by atoms with Crippen molar-refractivity contribution in [2.24, 2.45) is 0 Å². The number of nitrogens with one attached hydrogen (secondary N) is 1. The van der Waals surface area contributed by atoms with Crippen LogP contribution in [0.5, 0.6) is 0 Å². The second-order valence-corrected chi connectivity index (χ2v) is 8.16. The van der Waals surface area contributed by atoms with Gasteiger partial charge in [0.2, 0.25) is 5.91 Å². The molecule has 0 aliphatic rings. The molecule has 2 atom stereocenters. The molecule has 1 amide bonds. The first-order valence-electron chi connectivity index (χ1n) is 9.99.